The van der Waals surface area contributed by atoms with Crippen LogP contribution in [-0.2, 0) is 4.79 Å². The highest BCUT2D eigenvalue weighted by molar-refractivity contribution is 9.10. The lowest BCUT2D eigenvalue weighted by atomic mass is 10.2. The minimum absolute atomic E-state index is 0.155. The van der Waals surface area contributed by atoms with Gasteiger partial charge in [0.15, 0.2) is 6.61 Å². The average Bonchev–Trinajstić information content (AvgIpc) is 3.25. The van der Waals surface area contributed by atoms with Gasteiger partial charge < -0.3 is 14.5 Å². The maximum Gasteiger partial charge on any atom is 0.262 e. The molecule has 0 aliphatic carbocycles. The van der Waals surface area contributed by atoms with Crippen LogP contribution in [0.4, 0.5) is 5.69 Å². The fraction of sp³-hybridized carbons (Fsp3) is 0.0455. The Morgan fingerprint density at radius 3 is 2.41 bits per heavy atom. The number of ether oxygens (including phenoxy) is 1. The van der Waals surface area contributed by atoms with E-state index in [2.05, 4.69) is 31.4 Å². The molecule has 144 valence electrons. The molecule has 0 fully saturated rings. The number of halogens is 1. The maximum absolute atomic E-state index is 12.3. The van der Waals surface area contributed by atoms with Crippen molar-refractivity contribution >= 4 is 27.5 Å². The van der Waals surface area contributed by atoms with Crippen molar-refractivity contribution in [3.8, 4) is 28.7 Å². The smallest absolute Gasteiger partial charge is 0.262 e. The summed E-state index contributed by atoms with van der Waals surface area (Å²) in [5.74, 6) is 0.952. The quantitative estimate of drug-likeness (QED) is 0.438. The lowest BCUT2D eigenvalue weighted by molar-refractivity contribution is -0.118. The van der Waals surface area contributed by atoms with E-state index in [9.17, 15) is 4.79 Å². The summed E-state index contributed by atoms with van der Waals surface area (Å²) in [6.07, 6.45) is 0. The normalized spacial score (nSPS) is 10.5. The number of amides is 1. The zero-order valence-corrected chi connectivity index (χ0v) is 16.8. The molecule has 1 N–H and O–H groups in total. The van der Waals surface area contributed by atoms with Crippen LogP contribution in [-0.4, -0.2) is 22.7 Å². The highest BCUT2D eigenvalue weighted by atomic mass is 79.9. The predicted molar refractivity (Wildman–Crippen MR) is 113 cm³/mol. The van der Waals surface area contributed by atoms with Gasteiger partial charge in [0.05, 0.1) is 11.3 Å². The van der Waals surface area contributed by atoms with Crippen LogP contribution in [0.15, 0.2) is 87.8 Å². The summed E-state index contributed by atoms with van der Waals surface area (Å²) in [5, 5.41) is 11.0. The van der Waals surface area contributed by atoms with Gasteiger partial charge >= 0.3 is 0 Å². The number of nitrogens with zero attached hydrogens (tertiary/aromatic N) is 2. The van der Waals surface area contributed by atoms with Crippen LogP contribution < -0.4 is 10.1 Å². The van der Waals surface area contributed by atoms with Crippen molar-refractivity contribution in [2.24, 2.45) is 0 Å². The van der Waals surface area contributed by atoms with Crippen molar-refractivity contribution < 1.29 is 13.9 Å². The highest BCUT2D eigenvalue weighted by Gasteiger charge is 2.15. The van der Waals surface area contributed by atoms with Crippen LogP contribution in [0.3, 0.4) is 0 Å². The van der Waals surface area contributed by atoms with Crippen molar-refractivity contribution in [3.63, 3.8) is 0 Å². The molecule has 1 heterocycles. The molecule has 0 spiro atoms. The van der Waals surface area contributed by atoms with Gasteiger partial charge in [0, 0.05) is 10.0 Å². The number of anilines is 1. The Morgan fingerprint density at radius 2 is 1.59 bits per heavy atom. The fourth-order valence-electron chi connectivity index (χ4n) is 2.69. The van der Waals surface area contributed by atoms with Crippen LogP contribution in [0.2, 0.25) is 0 Å². The minimum atomic E-state index is -0.276. The second kappa shape index (κ2) is 8.70. The van der Waals surface area contributed by atoms with E-state index in [1.54, 1.807) is 12.1 Å². The number of aromatic nitrogens is 2. The first-order valence-electron chi connectivity index (χ1n) is 8.86. The van der Waals surface area contributed by atoms with Gasteiger partial charge in [-0.3, -0.25) is 4.79 Å². The Bertz CT molecular complexity index is 1130. The summed E-state index contributed by atoms with van der Waals surface area (Å²) in [7, 11) is 0. The van der Waals surface area contributed by atoms with Crippen LogP contribution in [0.5, 0.6) is 5.75 Å². The Balaban J connectivity index is 1.48. The summed E-state index contributed by atoms with van der Waals surface area (Å²) >= 11 is 3.40. The number of benzene rings is 3. The van der Waals surface area contributed by atoms with E-state index in [0.29, 0.717) is 28.8 Å². The monoisotopic (exact) mass is 449 g/mol. The summed E-state index contributed by atoms with van der Waals surface area (Å²) < 4.78 is 12.3. The number of hydrogen-bond donors (Lipinski definition) is 1. The minimum Gasteiger partial charge on any atom is -0.483 e. The number of carbonyl (C=O) groups is 1. The molecule has 4 rings (SSSR count). The van der Waals surface area contributed by atoms with E-state index in [0.717, 1.165) is 10.0 Å². The first kappa shape index (κ1) is 18.9. The van der Waals surface area contributed by atoms with Crippen molar-refractivity contribution in [2.45, 2.75) is 0 Å². The molecule has 7 heteroatoms. The number of rotatable bonds is 6. The molecule has 4 aromatic rings. The maximum atomic E-state index is 12.3. The molecule has 0 aliphatic heterocycles. The van der Waals surface area contributed by atoms with Gasteiger partial charge in [-0.2, -0.15) is 0 Å². The molecule has 0 unspecified atom stereocenters. The number of carbonyl (C=O) groups excluding carboxylic acids is 1. The Morgan fingerprint density at radius 1 is 0.897 bits per heavy atom. The molecule has 0 aliphatic rings. The summed E-state index contributed by atoms with van der Waals surface area (Å²) in [6, 6.07) is 24.1. The summed E-state index contributed by atoms with van der Waals surface area (Å²) in [4.78, 5) is 12.3. The van der Waals surface area contributed by atoms with E-state index < -0.39 is 0 Å². The molecule has 29 heavy (non-hydrogen) atoms. The fourth-order valence-corrected chi connectivity index (χ4v) is 3.07. The van der Waals surface area contributed by atoms with Crippen LogP contribution >= 0.6 is 15.9 Å². The molecule has 6 nitrogen and oxygen atoms in total. The molecule has 1 amide bonds. The topological polar surface area (TPSA) is 77.2 Å². The number of hydrogen-bond acceptors (Lipinski definition) is 5. The van der Waals surface area contributed by atoms with Crippen molar-refractivity contribution in [3.05, 3.63) is 83.3 Å². The Kier molecular flexibility index (Phi) is 5.67. The molecule has 0 saturated carbocycles. The molecular weight excluding hydrogens is 434 g/mol. The van der Waals surface area contributed by atoms with Gasteiger partial charge in [0.1, 0.15) is 5.75 Å². The molecule has 0 radical (unpaired) electrons. The van der Waals surface area contributed by atoms with Crippen LogP contribution in [0.25, 0.3) is 22.9 Å². The van der Waals surface area contributed by atoms with Gasteiger partial charge in [-0.25, -0.2) is 0 Å². The van der Waals surface area contributed by atoms with E-state index in [1.807, 2.05) is 66.7 Å². The van der Waals surface area contributed by atoms with Gasteiger partial charge in [0.25, 0.3) is 11.8 Å². The van der Waals surface area contributed by atoms with Gasteiger partial charge in [0.2, 0.25) is 5.89 Å². The van der Waals surface area contributed by atoms with E-state index in [4.69, 9.17) is 9.15 Å². The Hall–Kier alpha value is -3.45. The second-order valence-corrected chi connectivity index (χ2v) is 6.95. The highest BCUT2D eigenvalue weighted by Crippen LogP contribution is 2.31. The third kappa shape index (κ3) is 4.52. The summed E-state index contributed by atoms with van der Waals surface area (Å²) in [6.45, 7) is -0.155. The van der Waals surface area contributed by atoms with Crippen molar-refractivity contribution in [2.75, 3.05) is 11.9 Å². The number of nitrogens with one attached hydrogen (secondary N) is 1. The van der Waals surface area contributed by atoms with Gasteiger partial charge in [-0.05, 0) is 52.3 Å². The zero-order valence-electron chi connectivity index (χ0n) is 15.2. The second-order valence-electron chi connectivity index (χ2n) is 6.09. The van der Waals surface area contributed by atoms with Gasteiger partial charge in [-0.1, -0.05) is 42.5 Å². The van der Waals surface area contributed by atoms with E-state index in [1.165, 1.54) is 0 Å². The largest absolute Gasteiger partial charge is 0.483 e. The molecule has 0 saturated heterocycles. The standard InChI is InChI=1S/C22H16BrN3O3/c23-17-11-5-6-12-18(17)24-20(27)14-28-19-13-7-4-10-16(19)22-26-25-21(29-22)15-8-2-1-3-9-15/h1-13H,14H2,(H,24,27). The Labute approximate surface area is 175 Å². The number of para-hydroxylation sites is 2. The lowest BCUT2D eigenvalue weighted by Gasteiger charge is -2.10. The first-order chi connectivity index (χ1) is 14.2. The molecule has 0 atom stereocenters. The van der Waals surface area contributed by atoms with Crippen molar-refractivity contribution in [1.82, 2.24) is 10.2 Å². The SMILES string of the molecule is O=C(COc1ccccc1-c1nnc(-c2ccccc2)o1)Nc1ccccc1Br. The molecule has 1 aromatic heterocycles. The van der Waals surface area contributed by atoms with Gasteiger partial charge in [-0.15, -0.1) is 10.2 Å². The molecule has 3 aromatic carbocycles. The third-order valence-electron chi connectivity index (χ3n) is 4.07. The summed E-state index contributed by atoms with van der Waals surface area (Å²) in [5.41, 5.74) is 2.13. The van der Waals surface area contributed by atoms with Crippen LogP contribution in [0.1, 0.15) is 0 Å². The van der Waals surface area contributed by atoms with E-state index >= 15 is 0 Å². The van der Waals surface area contributed by atoms with Crippen molar-refractivity contribution in [1.29, 1.82) is 0 Å². The first-order valence-corrected chi connectivity index (χ1v) is 9.65. The molecule has 0 bridgehead atoms. The predicted octanol–water partition coefficient (Wildman–Crippen LogP) is 5.18. The molecular formula is C22H16BrN3O3. The zero-order chi connectivity index (χ0) is 20.1. The van der Waals surface area contributed by atoms with Crippen LogP contribution in [0, 0.1) is 0 Å². The average molecular weight is 450 g/mol. The third-order valence-corrected chi connectivity index (χ3v) is 4.76. The van der Waals surface area contributed by atoms with E-state index in [-0.39, 0.29) is 12.5 Å². The lowest BCUT2D eigenvalue weighted by Crippen LogP contribution is -2.20.